The molecular weight excluding hydrogens is 200 g/mol. The van der Waals surface area contributed by atoms with Crippen LogP contribution in [0.5, 0.6) is 0 Å². The monoisotopic (exact) mass is 218 g/mol. The van der Waals surface area contributed by atoms with E-state index in [1.54, 1.807) is 0 Å². The van der Waals surface area contributed by atoms with E-state index in [4.69, 9.17) is 17.3 Å². The zero-order chi connectivity index (χ0) is 10.9. The highest BCUT2D eigenvalue weighted by Gasteiger charge is 2.35. The molecule has 1 rings (SSSR count). The van der Waals surface area contributed by atoms with E-state index in [1.807, 2.05) is 4.90 Å². The number of amides is 1. The number of primary amides is 1. The standard InChI is InChI=1S/C10H19ClN2O/c1-6-4-7(2)13(8(3)5-6)9(11)10(12)14/h6-9H,4-5H2,1-3H3,(H2,12,14). The van der Waals surface area contributed by atoms with Gasteiger partial charge in [-0.15, -0.1) is 0 Å². The Bertz CT molecular complexity index is 210. The summed E-state index contributed by atoms with van der Waals surface area (Å²) in [6.45, 7) is 6.44. The van der Waals surface area contributed by atoms with Gasteiger partial charge in [-0.05, 0) is 32.6 Å². The first-order chi connectivity index (χ1) is 6.43. The Morgan fingerprint density at radius 3 is 2.14 bits per heavy atom. The lowest BCUT2D eigenvalue weighted by Gasteiger charge is -2.43. The van der Waals surface area contributed by atoms with Gasteiger partial charge in [-0.2, -0.15) is 0 Å². The summed E-state index contributed by atoms with van der Waals surface area (Å²) < 4.78 is 0. The molecule has 3 atom stereocenters. The van der Waals surface area contributed by atoms with Crippen molar-refractivity contribution in [3.8, 4) is 0 Å². The molecule has 1 heterocycles. The smallest absolute Gasteiger partial charge is 0.250 e. The van der Waals surface area contributed by atoms with E-state index in [-0.39, 0.29) is 0 Å². The molecule has 2 N–H and O–H groups in total. The van der Waals surface area contributed by atoms with Crippen LogP contribution in [0, 0.1) is 5.92 Å². The molecular formula is C10H19ClN2O. The maximum absolute atomic E-state index is 11.0. The van der Waals surface area contributed by atoms with Crippen LogP contribution in [0.2, 0.25) is 0 Å². The third-order valence-corrected chi connectivity index (χ3v) is 3.44. The van der Waals surface area contributed by atoms with E-state index < -0.39 is 11.4 Å². The highest BCUT2D eigenvalue weighted by Crippen LogP contribution is 2.29. The highest BCUT2D eigenvalue weighted by atomic mass is 35.5. The normalized spacial score (nSPS) is 36.7. The Hall–Kier alpha value is -0.280. The Labute approximate surface area is 90.6 Å². The summed E-state index contributed by atoms with van der Waals surface area (Å²) in [6, 6.07) is 0.674. The van der Waals surface area contributed by atoms with E-state index in [2.05, 4.69) is 20.8 Å². The molecule has 0 bridgehead atoms. The Kier molecular flexibility index (Phi) is 3.78. The molecule has 0 aliphatic carbocycles. The van der Waals surface area contributed by atoms with Crippen molar-refractivity contribution in [2.75, 3.05) is 0 Å². The Morgan fingerprint density at radius 1 is 1.36 bits per heavy atom. The predicted octanol–water partition coefficient (Wildman–Crippen LogP) is 1.55. The molecule has 0 aromatic heterocycles. The molecule has 0 aromatic rings. The minimum Gasteiger partial charge on any atom is -0.367 e. The summed E-state index contributed by atoms with van der Waals surface area (Å²) >= 11 is 5.98. The third-order valence-electron chi connectivity index (χ3n) is 3.00. The summed E-state index contributed by atoms with van der Waals surface area (Å²) in [6.07, 6.45) is 2.17. The van der Waals surface area contributed by atoms with E-state index in [9.17, 15) is 4.79 Å². The molecule has 14 heavy (non-hydrogen) atoms. The molecule has 0 aromatic carbocycles. The van der Waals surface area contributed by atoms with Crippen molar-refractivity contribution in [2.45, 2.75) is 51.2 Å². The number of halogens is 1. The number of alkyl halides is 1. The third kappa shape index (κ3) is 2.39. The zero-order valence-electron chi connectivity index (χ0n) is 9.03. The SMILES string of the molecule is CC1CC(C)N(C(Cl)C(N)=O)C(C)C1. The van der Waals surface area contributed by atoms with Gasteiger partial charge < -0.3 is 5.73 Å². The quantitative estimate of drug-likeness (QED) is 0.565. The van der Waals surface area contributed by atoms with Crippen molar-refractivity contribution in [3.05, 3.63) is 0 Å². The number of rotatable bonds is 2. The van der Waals surface area contributed by atoms with Crippen LogP contribution in [0.25, 0.3) is 0 Å². The van der Waals surface area contributed by atoms with Gasteiger partial charge in [-0.1, -0.05) is 18.5 Å². The number of nitrogens with zero attached hydrogens (tertiary/aromatic N) is 1. The number of hydrogen-bond acceptors (Lipinski definition) is 2. The fraction of sp³-hybridized carbons (Fsp3) is 0.900. The second-order valence-electron chi connectivity index (χ2n) is 4.46. The molecule has 0 spiro atoms. The van der Waals surface area contributed by atoms with Crippen LogP contribution in [0.15, 0.2) is 0 Å². The maximum Gasteiger partial charge on any atom is 0.250 e. The summed E-state index contributed by atoms with van der Waals surface area (Å²) in [5.74, 6) is 0.257. The lowest BCUT2D eigenvalue weighted by atomic mass is 9.88. The minimum atomic E-state index is -0.660. The zero-order valence-corrected chi connectivity index (χ0v) is 9.79. The fourth-order valence-electron chi connectivity index (χ4n) is 2.53. The summed E-state index contributed by atoms with van der Waals surface area (Å²) in [5, 5.41) is 0. The molecule has 1 fully saturated rings. The first-order valence-corrected chi connectivity index (χ1v) is 5.58. The average molecular weight is 219 g/mol. The van der Waals surface area contributed by atoms with Crippen molar-refractivity contribution < 1.29 is 4.79 Å². The second-order valence-corrected chi connectivity index (χ2v) is 4.87. The molecule has 1 saturated heterocycles. The molecule has 1 amide bonds. The van der Waals surface area contributed by atoms with Crippen LogP contribution in [-0.2, 0) is 4.79 Å². The van der Waals surface area contributed by atoms with Gasteiger partial charge >= 0.3 is 0 Å². The van der Waals surface area contributed by atoms with Crippen LogP contribution < -0.4 is 5.73 Å². The Balaban J connectivity index is 2.71. The van der Waals surface area contributed by atoms with Crippen molar-refractivity contribution in [3.63, 3.8) is 0 Å². The van der Waals surface area contributed by atoms with Gasteiger partial charge in [0.2, 0.25) is 5.91 Å². The number of hydrogen-bond donors (Lipinski definition) is 1. The van der Waals surface area contributed by atoms with E-state index in [0.717, 1.165) is 12.8 Å². The summed E-state index contributed by atoms with van der Waals surface area (Å²) in [4.78, 5) is 13.0. The molecule has 82 valence electrons. The largest absolute Gasteiger partial charge is 0.367 e. The van der Waals surface area contributed by atoms with Crippen molar-refractivity contribution in [1.82, 2.24) is 4.90 Å². The topological polar surface area (TPSA) is 46.3 Å². The molecule has 1 aliphatic rings. The van der Waals surface area contributed by atoms with Crippen LogP contribution in [0.4, 0.5) is 0 Å². The first-order valence-electron chi connectivity index (χ1n) is 5.14. The lowest BCUT2D eigenvalue weighted by Crippen LogP contribution is -2.53. The van der Waals surface area contributed by atoms with Gasteiger partial charge in [0, 0.05) is 12.1 Å². The maximum atomic E-state index is 11.0. The van der Waals surface area contributed by atoms with Gasteiger partial charge in [-0.25, -0.2) is 0 Å². The van der Waals surface area contributed by atoms with Gasteiger partial charge in [0.25, 0.3) is 0 Å². The molecule has 0 saturated carbocycles. The molecule has 0 radical (unpaired) electrons. The van der Waals surface area contributed by atoms with Crippen LogP contribution >= 0.6 is 11.6 Å². The van der Waals surface area contributed by atoms with E-state index in [0.29, 0.717) is 18.0 Å². The summed E-state index contributed by atoms with van der Waals surface area (Å²) in [7, 11) is 0. The van der Waals surface area contributed by atoms with Gasteiger partial charge in [0.05, 0.1) is 0 Å². The molecule has 1 aliphatic heterocycles. The number of likely N-dealkylation sites (tertiary alicyclic amines) is 1. The summed E-state index contributed by atoms with van der Waals surface area (Å²) in [5.41, 5.74) is 4.55. The molecule has 3 nitrogen and oxygen atoms in total. The predicted molar refractivity (Wildman–Crippen MR) is 58.0 cm³/mol. The van der Waals surface area contributed by atoms with Crippen LogP contribution in [0.1, 0.15) is 33.6 Å². The highest BCUT2D eigenvalue weighted by molar-refractivity contribution is 6.30. The van der Waals surface area contributed by atoms with E-state index in [1.165, 1.54) is 0 Å². The average Bonchev–Trinajstić information content (AvgIpc) is 2.01. The van der Waals surface area contributed by atoms with Gasteiger partial charge in [0.15, 0.2) is 5.50 Å². The lowest BCUT2D eigenvalue weighted by molar-refractivity contribution is -0.122. The number of piperidine rings is 1. The van der Waals surface area contributed by atoms with Gasteiger partial charge in [0.1, 0.15) is 0 Å². The molecule has 4 heteroatoms. The van der Waals surface area contributed by atoms with Crippen LogP contribution in [0.3, 0.4) is 0 Å². The fourth-order valence-corrected chi connectivity index (χ4v) is 2.92. The first kappa shape index (κ1) is 11.8. The number of nitrogens with two attached hydrogens (primary N) is 1. The number of carbonyl (C=O) groups excluding carboxylic acids is 1. The molecule has 3 unspecified atom stereocenters. The van der Waals surface area contributed by atoms with Gasteiger partial charge in [-0.3, -0.25) is 9.69 Å². The van der Waals surface area contributed by atoms with E-state index >= 15 is 0 Å². The van der Waals surface area contributed by atoms with Crippen LogP contribution in [-0.4, -0.2) is 28.4 Å². The Morgan fingerprint density at radius 2 is 1.79 bits per heavy atom. The second kappa shape index (κ2) is 4.49. The number of carbonyl (C=O) groups is 1. The van der Waals surface area contributed by atoms with Crippen molar-refractivity contribution >= 4 is 17.5 Å². The van der Waals surface area contributed by atoms with Crippen molar-refractivity contribution in [2.24, 2.45) is 11.7 Å². The minimum absolute atomic E-state index is 0.337. The van der Waals surface area contributed by atoms with Crippen molar-refractivity contribution in [1.29, 1.82) is 0 Å².